The Labute approximate surface area is 126 Å². The lowest BCUT2D eigenvalue weighted by Gasteiger charge is -2.37. The molecule has 1 heterocycles. The average molecular weight is 307 g/mol. The van der Waals surface area contributed by atoms with E-state index in [0.717, 1.165) is 13.1 Å². The van der Waals surface area contributed by atoms with Crippen LogP contribution in [0.25, 0.3) is 0 Å². The lowest BCUT2D eigenvalue weighted by atomic mass is 10.1. The quantitative estimate of drug-likeness (QED) is 0.899. The van der Waals surface area contributed by atoms with Crippen LogP contribution in [0.3, 0.4) is 0 Å². The van der Waals surface area contributed by atoms with Gasteiger partial charge in [0.2, 0.25) is 0 Å². The van der Waals surface area contributed by atoms with E-state index in [2.05, 4.69) is 24.1 Å². The zero-order valence-corrected chi connectivity index (χ0v) is 13.2. The first-order valence-electron chi connectivity index (χ1n) is 7.13. The summed E-state index contributed by atoms with van der Waals surface area (Å²) in [5.41, 5.74) is 0.471. The molecule has 2 rings (SSSR count). The minimum atomic E-state index is -3.30. The molecule has 2 unspecified atom stereocenters. The second kappa shape index (κ2) is 6.56. The molecule has 1 aliphatic rings. The number of hydrogen-bond acceptors (Lipinski definition) is 5. The first-order chi connectivity index (χ1) is 9.92. The van der Waals surface area contributed by atoms with E-state index in [-0.39, 0.29) is 10.6 Å². The summed E-state index contributed by atoms with van der Waals surface area (Å²) in [6, 6.07) is 8.83. The summed E-state index contributed by atoms with van der Waals surface area (Å²) in [7, 11) is -3.30. The zero-order chi connectivity index (χ0) is 15.5. The van der Waals surface area contributed by atoms with Gasteiger partial charge in [-0.05, 0) is 38.1 Å². The van der Waals surface area contributed by atoms with Gasteiger partial charge in [-0.3, -0.25) is 4.90 Å². The fraction of sp³-hybridized carbons (Fsp3) is 0.533. The van der Waals surface area contributed by atoms with Crippen LogP contribution in [0.1, 0.15) is 19.4 Å². The molecule has 0 spiro atoms. The van der Waals surface area contributed by atoms with Crippen LogP contribution in [-0.2, 0) is 9.84 Å². The van der Waals surface area contributed by atoms with Gasteiger partial charge in [0.1, 0.15) is 0 Å². The molecule has 1 aromatic rings. The summed E-state index contributed by atoms with van der Waals surface area (Å²) in [6.45, 7) is 6.50. The Hall–Kier alpha value is -1.42. The molecule has 21 heavy (non-hydrogen) atoms. The highest BCUT2D eigenvalue weighted by molar-refractivity contribution is 7.91. The second-order valence-corrected chi connectivity index (χ2v) is 7.72. The van der Waals surface area contributed by atoms with Crippen molar-refractivity contribution in [2.24, 2.45) is 0 Å². The lowest BCUT2D eigenvalue weighted by molar-refractivity contribution is 0.155. The smallest absolute Gasteiger partial charge is 0.179 e. The molecular formula is C15H21N3O2S. The van der Waals surface area contributed by atoms with Gasteiger partial charge in [0, 0.05) is 31.7 Å². The minimum absolute atomic E-state index is 0.107. The van der Waals surface area contributed by atoms with E-state index >= 15 is 0 Å². The Bertz CT molecular complexity index is 619. The molecule has 0 aromatic heterocycles. The molecule has 1 aromatic carbocycles. The molecule has 0 radical (unpaired) electrons. The molecular weight excluding hydrogens is 286 g/mol. The monoisotopic (exact) mass is 307 g/mol. The van der Waals surface area contributed by atoms with Crippen LogP contribution in [0.15, 0.2) is 29.2 Å². The first kappa shape index (κ1) is 16.0. The molecule has 1 fully saturated rings. The van der Waals surface area contributed by atoms with Gasteiger partial charge >= 0.3 is 0 Å². The average Bonchev–Trinajstić information content (AvgIpc) is 2.48. The molecule has 0 saturated carbocycles. The molecule has 1 N–H and O–H groups in total. The summed E-state index contributed by atoms with van der Waals surface area (Å²) >= 11 is 0. The number of nitrogens with zero attached hydrogens (tertiary/aromatic N) is 2. The lowest BCUT2D eigenvalue weighted by Crippen LogP contribution is -2.55. The van der Waals surface area contributed by atoms with Gasteiger partial charge in [0.15, 0.2) is 9.84 Å². The molecule has 0 amide bonds. The fourth-order valence-corrected chi connectivity index (χ4v) is 3.76. The van der Waals surface area contributed by atoms with Gasteiger partial charge < -0.3 is 5.32 Å². The summed E-state index contributed by atoms with van der Waals surface area (Å²) in [5.74, 6) is 0.107. The Morgan fingerprint density at radius 1 is 1.33 bits per heavy atom. The number of nitriles is 1. The fourth-order valence-electron chi connectivity index (χ4n) is 2.50. The van der Waals surface area contributed by atoms with Crippen LogP contribution in [-0.4, -0.2) is 50.8 Å². The van der Waals surface area contributed by atoms with Crippen LogP contribution >= 0.6 is 0 Å². The van der Waals surface area contributed by atoms with Crippen LogP contribution < -0.4 is 5.32 Å². The van der Waals surface area contributed by atoms with Gasteiger partial charge in [0.05, 0.1) is 22.3 Å². The number of rotatable bonds is 4. The normalized spacial score (nSPS) is 23.7. The maximum absolute atomic E-state index is 12.3. The van der Waals surface area contributed by atoms with Gasteiger partial charge in [-0.25, -0.2) is 8.42 Å². The Morgan fingerprint density at radius 3 is 2.62 bits per heavy atom. The van der Waals surface area contributed by atoms with E-state index in [9.17, 15) is 8.42 Å². The van der Waals surface area contributed by atoms with Crippen molar-refractivity contribution in [1.29, 1.82) is 5.26 Å². The zero-order valence-electron chi connectivity index (χ0n) is 12.4. The predicted octanol–water partition coefficient (Wildman–Crippen LogP) is 1.01. The maximum Gasteiger partial charge on any atom is 0.179 e. The van der Waals surface area contributed by atoms with Crippen LogP contribution in [0.4, 0.5) is 0 Å². The molecule has 2 atom stereocenters. The van der Waals surface area contributed by atoms with Gasteiger partial charge in [0.25, 0.3) is 0 Å². The van der Waals surface area contributed by atoms with Gasteiger partial charge in [-0.2, -0.15) is 5.26 Å². The highest BCUT2D eigenvalue weighted by atomic mass is 32.2. The van der Waals surface area contributed by atoms with E-state index in [1.807, 2.05) is 6.07 Å². The minimum Gasteiger partial charge on any atom is -0.311 e. The van der Waals surface area contributed by atoms with E-state index in [1.54, 1.807) is 12.1 Å². The number of piperazine rings is 1. The highest BCUT2D eigenvalue weighted by Crippen LogP contribution is 2.14. The van der Waals surface area contributed by atoms with Crippen molar-refractivity contribution < 1.29 is 8.42 Å². The molecule has 1 saturated heterocycles. The van der Waals surface area contributed by atoms with Crippen LogP contribution in [0.2, 0.25) is 0 Å². The van der Waals surface area contributed by atoms with Crippen molar-refractivity contribution in [2.45, 2.75) is 30.8 Å². The largest absolute Gasteiger partial charge is 0.311 e. The molecule has 0 bridgehead atoms. The summed E-state index contributed by atoms with van der Waals surface area (Å²) in [6.07, 6.45) is 0. The number of nitrogens with one attached hydrogen (secondary N) is 1. The third kappa shape index (κ3) is 4.03. The van der Waals surface area contributed by atoms with Crippen molar-refractivity contribution in [1.82, 2.24) is 10.2 Å². The summed E-state index contributed by atoms with van der Waals surface area (Å²) < 4.78 is 24.7. The van der Waals surface area contributed by atoms with E-state index < -0.39 is 9.84 Å². The topological polar surface area (TPSA) is 73.2 Å². The van der Waals surface area contributed by atoms with E-state index in [4.69, 9.17) is 5.26 Å². The second-order valence-electron chi connectivity index (χ2n) is 5.61. The van der Waals surface area contributed by atoms with E-state index in [1.165, 1.54) is 12.1 Å². The SMILES string of the molecule is CC1CN(CCS(=O)(=O)c2ccc(C#N)cc2)C(C)CN1. The Kier molecular flexibility index (Phi) is 4.99. The number of sulfone groups is 1. The molecule has 0 aliphatic carbocycles. The summed E-state index contributed by atoms with van der Waals surface area (Å²) in [5, 5.41) is 12.1. The number of hydrogen-bond donors (Lipinski definition) is 1. The van der Waals surface area contributed by atoms with Gasteiger partial charge in [-0.1, -0.05) is 0 Å². The van der Waals surface area contributed by atoms with Crippen molar-refractivity contribution in [3.8, 4) is 6.07 Å². The van der Waals surface area contributed by atoms with Crippen molar-refractivity contribution in [3.63, 3.8) is 0 Å². The Morgan fingerprint density at radius 2 is 2.00 bits per heavy atom. The molecule has 1 aliphatic heterocycles. The van der Waals surface area contributed by atoms with Crippen molar-refractivity contribution in [3.05, 3.63) is 29.8 Å². The third-order valence-electron chi connectivity index (χ3n) is 3.88. The standard InChI is InChI=1S/C15H21N3O2S/c1-12-11-18(13(2)10-17-12)7-8-21(19,20)15-5-3-14(9-16)4-6-15/h3-6,12-13,17H,7-8,10-11H2,1-2H3. The van der Waals surface area contributed by atoms with Crippen molar-refractivity contribution >= 4 is 9.84 Å². The summed E-state index contributed by atoms with van der Waals surface area (Å²) in [4.78, 5) is 2.50. The predicted molar refractivity (Wildman–Crippen MR) is 81.7 cm³/mol. The van der Waals surface area contributed by atoms with Crippen LogP contribution in [0.5, 0.6) is 0 Å². The van der Waals surface area contributed by atoms with Gasteiger partial charge in [-0.15, -0.1) is 0 Å². The van der Waals surface area contributed by atoms with E-state index in [0.29, 0.717) is 24.2 Å². The Balaban J connectivity index is 2.02. The molecule has 6 heteroatoms. The number of benzene rings is 1. The maximum atomic E-state index is 12.3. The van der Waals surface area contributed by atoms with Crippen molar-refractivity contribution in [2.75, 3.05) is 25.4 Å². The van der Waals surface area contributed by atoms with Crippen LogP contribution in [0, 0.1) is 11.3 Å². The molecule has 5 nitrogen and oxygen atoms in total. The molecule has 114 valence electrons. The highest BCUT2D eigenvalue weighted by Gasteiger charge is 2.24. The third-order valence-corrected chi connectivity index (χ3v) is 5.59. The first-order valence-corrected chi connectivity index (χ1v) is 8.78.